The van der Waals surface area contributed by atoms with Gasteiger partial charge < -0.3 is 10.1 Å². The van der Waals surface area contributed by atoms with E-state index in [1.54, 1.807) is 18.2 Å². The Morgan fingerprint density at radius 3 is 2.85 bits per heavy atom. The first kappa shape index (κ1) is 13.6. The number of carbonyl (C=O) groups excluding carboxylic acids is 1. The molecule has 106 valence electrons. The zero-order chi connectivity index (χ0) is 14.1. The molecule has 2 N–H and O–H groups in total. The van der Waals surface area contributed by atoms with Gasteiger partial charge in [-0.05, 0) is 17.7 Å². The summed E-state index contributed by atoms with van der Waals surface area (Å²) >= 11 is 3.43. The number of amides is 1. The number of carbonyl (C=O) groups is 1. The second kappa shape index (κ2) is 5.55. The lowest BCUT2D eigenvalue weighted by atomic mass is 10.0. The van der Waals surface area contributed by atoms with Crippen molar-refractivity contribution in [2.75, 3.05) is 13.7 Å². The van der Waals surface area contributed by atoms with Crippen LogP contribution < -0.4 is 10.7 Å². The number of rotatable bonds is 3. The van der Waals surface area contributed by atoms with Crippen LogP contribution >= 0.6 is 15.9 Å². The molecule has 0 aromatic heterocycles. The highest BCUT2D eigenvalue weighted by atomic mass is 79.9. The molecule has 0 spiro atoms. The molecule has 1 aromatic carbocycles. The topological polar surface area (TPSA) is 53.6 Å². The fourth-order valence-corrected chi connectivity index (χ4v) is 2.86. The van der Waals surface area contributed by atoms with Crippen LogP contribution in [0.25, 0.3) is 0 Å². The number of fused-ring (bicyclic) bond motifs is 1. The molecule has 5 nitrogen and oxygen atoms in total. The Bertz CT molecular complexity index is 544. The lowest BCUT2D eigenvalue weighted by Gasteiger charge is -2.29. The zero-order valence-corrected chi connectivity index (χ0v) is 12.7. The Labute approximate surface area is 126 Å². The summed E-state index contributed by atoms with van der Waals surface area (Å²) in [6.45, 7) is 0.430. The molecule has 0 aliphatic carbocycles. The highest BCUT2D eigenvalue weighted by Gasteiger charge is 2.37. The summed E-state index contributed by atoms with van der Waals surface area (Å²) in [5, 5.41) is 4.99. The van der Waals surface area contributed by atoms with Gasteiger partial charge in [-0.25, -0.2) is 5.43 Å². The fourth-order valence-electron chi connectivity index (χ4n) is 2.60. The van der Waals surface area contributed by atoms with Crippen LogP contribution in [0.4, 0.5) is 0 Å². The molecule has 0 saturated carbocycles. The molecule has 20 heavy (non-hydrogen) atoms. The average molecular weight is 338 g/mol. The standard InChI is InChI=1S/C14H16BrN3O2/c1-20-8-11-6-14(19)18-13(16-11)7-12(17-18)9-2-4-10(15)5-3-9/h2-6,12-13,16-17H,7-8H2,1H3. The fraction of sp³-hybridized carbons (Fsp3) is 0.357. The van der Waals surface area contributed by atoms with Gasteiger partial charge in [-0.15, -0.1) is 0 Å². The zero-order valence-electron chi connectivity index (χ0n) is 11.1. The number of nitrogens with one attached hydrogen (secondary N) is 2. The molecule has 1 fully saturated rings. The number of hydrazine groups is 1. The van der Waals surface area contributed by atoms with Crippen LogP contribution in [-0.4, -0.2) is 30.8 Å². The summed E-state index contributed by atoms with van der Waals surface area (Å²) in [7, 11) is 1.62. The number of halogens is 1. The minimum Gasteiger partial charge on any atom is -0.378 e. The van der Waals surface area contributed by atoms with Crippen LogP contribution in [0.2, 0.25) is 0 Å². The lowest BCUT2D eigenvalue weighted by Crippen LogP contribution is -2.52. The SMILES string of the molecule is COCC1=CC(=O)N2NC(c3ccc(Br)cc3)CC2N1. The molecular formula is C14H16BrN3O2. The van der Waals surface area contributed by atoms with Gasteiger partial charge >= 0.3 is 0 Å². The van der Waals surface area contributed by atoms with Crippen molar-refractivity contribution in [1.29, 1.82) is 0 Å². The van der Waals surface area contributed by atoms with Crippen molar-refractivity contribution in [2.24, 2.45) is 0 Å². The molecule has 2 heterocycles. The predicted molar refractivity (Wildman–Crippen MR) is 78.4 cm³/mol. The van der Waals surface area contributed by atoms with Crippen molar-refractivity contribution < 1.29 is 9.53 Å². The van der Waals surface area contributed by atoms with E-state index in [4.69, 9.17) is 4.74 Å². The Hall–Kier alpha value is -1.37. The van der Waals surface area contributed by atoms with E-state index >= 15 is 0 Å². The van der Waals surface area contributed by atoms with Gasteiger partial charge in [-0.2, -0.15) is 0 Å². The summed E-state index contributed by atoms with van der Waals surface area (Å²) in [5.41, 5.74) is 5.26. The molecule has 1 amide bonds. The molecule has 3 rings (SSSR count). The van der Waals surface area contributed by atoms with Gasteiger partial charge in [0.15, 0.2) is 0 Å². The van der Waals surface area contributed by atoms with Gasteiger partial charge in [0.1, 0.15) is 6.17 Å². The van der Waals surface area contributed by atoms with Crippen LogP contribution in [0.15, 0.2) is 40.5 Å². The number of ether oxygens (including phenoxy) is 1. The van der Waals surface area contributed by atoms with E-state index in [0.29, 0.717) is 6.61 Å². The van der Waals surface area contributed by atoms with Crippen molar-refractivity contribution in [3.63, 3.8) is 0 Å². The Morgan fingerprint density at radius 1 is 1.40 bits per heavy atom. The number of methoxy groups -OCH3 is 1. The van der Waals surface area contributed by atoms with Crippen LogP contribution in [0.5, 0.6) is 0 Å². The van der Waals surface area contributed by atoms with Crippen molar-refractivity contribution in [3.05, 3.63) is 46.1 Å². The van der Waals surface area contributed by atoms with E-state index < -0.39 is 0 Å². The van der Waals surface area contributed by atoms with Crippen LogP contribution in [0.3, 0.4) is 0 Å². The molecule has 6 heteroatoms. The van der Waals surface area contributed by atoms with Gasteiger partial charge in [0.25, 0.3) is 5.91 Å². The maximum absolute atomic E-state index is 12.1. The summed E-state index contributed by atoms with van der Waals surface area (Å²) in [5.74, 6) is -0.0274. The van der Waals surface area contributed by atoms with Crippen LogP contribution in [0.1, 0.15) is 18.0 Å². The first-order chi connectivity index (χ1) is 9.67. The average Bonchev–Trinajstić information content (AvgIpc) is 2.84. The number of hydrogen-bond donors (Lipinski definition) is 2. The molecule has 2 unspecified atom stereocenters. The highest BCUT2D eigenvalue weighted by Crippen LogP contribution is 2.29. The first-order valence-electron chi connectivity index (χ1n) is 6.48. The molecule has 2 aliphatic rings. The minimum absolute atomic E-state index is 0.0219. The third-order valence-electron chi connectivity index (χ3n) is 3.52. The number of nitrogens with zero attached hydrogens (tertiary/aromatic N) is 1. The van der Waals surface area contributed by atoms with Crippen molar-refractivity contribution in [2.45, 2.75) is 18.6 Å². The Kier molecular flexibility index (Phi) is 3.78. The third-order valence-corrected chi connectivity index (χ3v) is 4.05. The molecule has 2 aliphatic heterocycles. The van der Waals surface area contributed by atoms with Gasteiger partial charge in [0.05, 0.1) is 12.6 Å². The summed E-state index contributed by atoms with van der Waals surface area (Å²) in [4.78, 5) is 12.1. The van der Waals surface area contributed by atoms with Crippen LogP contribution in [-0.2, 0) is 9.53 Å². The molecule has 1 saturated heterocycles. The monoisotopic (exact) mass is 337 g/mol. The van der Waals surface area contributed by atoms with Gasteiger partial charge in [0, 0.05) is 29.8 Å². The van der Waals surface area contributed by atoms with E-state index in [0.717, 1.165) is 16.6 Å². The summed E-state index contributed by atoms with van der Waals surface area (Å²) < 4.78 is 6.13. The molecule has 1 aromatic rings. The smallest absolute Gasteiger partial charge is 0.264 e. The quantitative estimate of drug-likeness (QED) is 0.881. The van der Waals surface area contributed by atoms with E-state index in [-0.39, 0.29) is 18.1 Å². The maximum Gasteiger partial charge on any atom is 0.264 e. The van der Waals surface area contributed by atoms with E-state index in [9.17, 15) is 4.79 Å². The largest absolute Gasteiger partial charge is 0.378 e. The van der Waals surface area contributed by atoms with E-state index in [1.807, 2.05) is 12.1 Å². The van der Waals surface area contributed by atoms with Gasteiger partial charge in [-0.3, -0.25) is 9.80 Å². The first-order valence-corrected chi connectivity index (χ1v) is 7.27. The van der Waals surface area contributed by atoms with Crippen molar-refractivity contribution in [3.8, 4) is 0 Å². The Balaban J connectivity index is 1.74. The van der Waals surface area contributed by atoms with E-state index in [1.165, 1.54) is 5.56 Å². The second-order valence-corrected chi connectivity index (χ2v) is 5.86. The predicted octanol–water partition coefficient (Wildman–Crippen LogP) is 1.69. The maximum atomic E-state index is 12.1. The second-order valence-electron chi connectivity index (χ2n) is 4.94. The summed E-state index contributed by atoms with van der Waals surface area (Å²) in [6, 6.07) is 8.29. The van der Waals surface area contributed by atoms with Crippen molar-refractivity contribution in [1.82, 2.24) is 15.8 Å². The normalized spacial score (nSPS) is 25.2. The molecule has 2 atom stereocenters. The van der Waals surface area contributed by atoms with Gasteiger partial charge in [0.2, 0.25) is 0 Å². The number of benzene rings is 1. The minimum atomic E-state index is -0.0274. The summed E-state index contributed by atoms with van der Waals surface area (Å²) in [6.07, 6.45) is 2.39. The van der Waals surface area contributed by atoms with Crippen molar-refractivity contribution >= 4 is 21.8 Å². The number of hydrogen-bond acceptors (Lipinski definition) is 4. The molecular weight excluding hydrogens is 322 g/mol. The molecule has 0 bridgehead atoms. The molecule has 0 radical (unpaired) electrons. The van der Waals surface area contributed by atoms with Gasteiger partial charge in [-0.1, -0.05) is 28.1 Å². The van der Waals surface area contributed by atoms with Crippen LogP contribution in [0, 0.1) is 0 Å². The highest BCUT2D eigenvalue weighted by molar-refractivity contribution is 9.10. The Morgan fingerprint density at radius 2 is 2.15 bits per heavy atom. The lowest BCUT2D eigenvalue weighted by molar-refractivity contribution is -0.131. The third kappa shape index (κ3) is 2.59. The van der Waals surface area contributed by atoms with E-state index in [2.05, 4.69) is 38.8 Å².